The third-order valence-electron chi connectivity index (χ3n) is 3.34. The molecular formula is C14H17NO. The van der Waals surface area contributed by atoms with Gasteiger partial charge in [-0.1, -0.05) is 24.5 Å². The number of aryl methyl sites for hydroxylation is 1. The van der Waals surface area contributed by atoms with Gasteiger partial charge in [0, 0.05) is 5.39 Å². The lowest BCUT2D eigenvalue weighted by atomic mass is 10.1. The Morgan fingerprint density at radius 1 is 1.38 bits per heavy atom. The molecule has 0 bridgehead atoms. The van der Waals surface area contributed by atoms with Crippen LogP contribution in [0.2, 0.25) is 0 Å². The van der Waals surface area contributed by atoms with E-state index in [2.05, 4.69) is 25.1 Å². The van der Waals surface area contributed by atoms with Crippen LogP contribution in [0.3, 0.4) is 0 Å². The molecule has 0 aliphatic heterocycles. The molecule has 1 heterocycles. The van der Waals surface area contributed by atoms with E-state index < -0.39 is 0 Å². The summed E-state index contributed by atoms with van der Waals surface area (Å²) >= 11 is 0. The van der Waals surface area contributed by atoms with Gasteiger partial charge in [0.05, 0.1) is 6.04 Å². The molecule has 0 unspecified atom stereocenters. The average molecular weight is 215 g/mol. The fraction of sp³-hybridized carbons (Fsp3) is 0.429. The van der Waals surface area contributed by atoms with Crippen LogP contribution in [0.15, 0.2) is 28.7 Å². The molecule has 0 radical (unpaired) electrons. The zero-order chi connectivity index (χ0) is 11.1. The Bertz CT molecular complexity index is 510. The van der Waals surface area contributed by atoms with Crippen molar-refractivity contribution in [3.63, 3.8) is 0 Å². The summed E-state index contributed by atoms with van der Waals surface area (Å²) in [7, 11) is 0. The first-order chi connectivity index (χ1) is 7.72. The van der Waals surface area contributed by atoms with E-state index in [0.717, 1.165) is 23.7 Å². The van der Waals surface area contributed by atoms with Crippen LogP contribution < -0.4 is 5.73 Å². The molecule has 0 saturated heterocycles. The quantitative estimate of drug-likeness (QED) is 0.850. The van der Waals surface area contributed by atoms with E-state index in [0.29, 0.717) is 0 Å². The van der Waals surface area contributed by atoms with Crippen molar-refractivity contribution in [1.82, 2.24) is 0 Å². The lowest BCUT2D eigenvalue weighted by Crippen LogP contribution is -2.09. The van der Waals surface area contributed by atoms with E-state index >= 15 is 0 Å². The normalized spacial score (nSPS) is 17.9. The molecule has 2 N–H and O–H groups in total. The van der Waals surface area contributed by atoms with Gasteiger partial charge in [0.15, 0.2) is 0 Å². The van der Waals surface area contributed by atoms with E-state index in [-0.39, 0.29) is 6.04 Å². The van der Waals surface area contributed by atoms with Crippen molar-refractivity contribution >= 4 is 11.0 Å². The summed E-state index contributed by atoms with van der Waals surface area (Å²) in [5.74, 6) is 1.78. The van der Waals surface area contributed by atoms with Gasteiger partial charge in [-0.2, -0.15) is 0 Å². The van der Waals surface area contributed by atoms with E-state index in [9.17, 15) is 0 Å². The van der Waals surface area contributed by atoms with Crippen LogP contribution >= 0.6 is 0 Å². The van der Waals surface area contributed by atoms with Crippen LogP contribution in [0, 0.1) is 12.8 Å². The van der Waals surface area contributed by atoms with Gasteiger partial charge in [-0.25, -0.2) is 0 Å². The summed E-state index contributed by atoms with van der Waals surface area (Å²) in [6.07, 6.45) is 3.75. The van der Waals surface area contributed by atoms with E-state index in [1.807, 2.05) is 6.07 Å². The molecular weight excluding hydrogens is 198 g/mol. The van der Waals surface area contributed by atoms with Crippen molar-refractivity contribution in [3.8, 4) is 0 Å². The van der Waals surface area contributed by atoms with Gasteiger partial charge >= 0.3 is 0 Å². The van der Waals surface area contributed by atoms with Crippen LogP contribution in [0.1, 0.15) is 36.6 Å². The fourth-order valence-electron chi connectivity index (χ4n) is 2.19. The molecule has 1 fully saturated rings. The Kier molecular flexibility index (Phi) is 2.25. The second-order valence-electron chi connectivity index (χ2n) is 4.98. The maximum atomic E-state index is 6.14. The number of nitrogens with two attached hydrogens (primary N) is 1. The number of hydrogen-bond acceptors (Lipinski definition) is 2. The Balaban J connectivity index is 1.91. The van der Waals surface area contributed by atoms with Gasteiger partial charge in [0.2, 0.25) is 0 Å². The van der Waals surface area contributed by atoms with Gasteiger partial charge in [0.25, 0.3) is 0 Å². The molecule has 84 valence electrons. The number of benzene rings is 1. The largest absolute Gasteiger partial charge is 0.459 e. The first kappa shape index (κ1) is 9.91. The van der Waals surface area contributed by atoms with Crippen LogP contribution in [-0.4, -0.2) is 0 Å². The smallest absolute Gasteiger partial charge is 0.134 e. The molecule has 1 atom stereocenters. The highest BCUT2D eigenvalue weighted by Crippen LogP contribution is 2.37. The average Bonchev–Trinajstić information content (AvgIpc) is 2.95. The topological polar surface area (TPSA) is 39.2 Å². The summed E-state index contributed by atoms with van der Waals surface area (Å²) in [4.78, 5) is 0. The Morgan fingerprint density at radius 3 is 2.94 bits per heavy atom. The Labute approximate surface area is 95.4 Å². The zero-order valence-electron chi connectivity index (χ0n) is 9.57. The van der Waals surface area contributed by atoms with Crippen molar-refractivity contribution in [2.24, 2.45) is 11.7 Å². The van der Waals surface area contributed by atoms with Crippen LogP contribution in [-0.2, 0) is 0 Å². The van der Waals surface area contributed by atoms with E-state index in [1.165, 1.54) is 23.8 Å². The van der Waals surface area contributed by atoms with Crippen molar-refractivity contribution in [2.45, 2.75) is 32.2 Å². The molecule has 2 heteroatoms. The summed E-state index contributed by atoms with van der Waals surface area (Å²) in [6.45, 7) is 2.09. The molecule has 3 rings (SSSR count). The zero-order valence-corrected chi connectivity index (χ0v) is 9.57. The summed E-state index contributed by atoms with van der Waals surface area (Å²) in [5.41, 5.74) is 8.35. The lowest BCUT2D eigenvalue weighted by molar-refractivity contribution is 0.463. The second kappa shape index (κ2) is 3.63. The van der Waals surface area contributed by atoms with Gasteiger partial charge in [-0.05, 0) is 37.5 Å². The molecule has 0 amide bonds. The predicted molar refractivity (Wildman–Crippen MR) is 65.2 cm³/mol. The summed E-state index contributed by atoms with van der Waals surface area (Å²) in [6, 6.07) is 8.40. The highest BCUT2D eigenvalue weighted by Gasteiger charge is 2.25. The van der Waals surface area contributed by atoms with E-state index in [4.69, 9.17) is 10.2 Å². The minimum absolute atomic E-state index is 0.0696. The minimum atomic E-state index is 0.0696. The fourth-order valence-corrected chi connectivity index (χ4v) is 2.19. The first-order valence-electron chi connectivity index (χ1n) is 5.98. The SMILES string of the molecule is Cc1ccc2oc([C@H](N)CC3CC3)cc2c1. The minimum Gasteiger partial charge on any atom is -0.459 e. The molecule has 1 aromatic heterocycles. The maximum absolute atomic E-state index is 6.14. The van der Waals surface area contributed by atoms with E-state index in [1.54, 1.807) is 0 Å². The van der Waals surface area contributed by atoms with Crippen molar-refractivity contribution < 1.29 is 4.42 Å². The molecule has 1 aliphatic rings. The highest BCUT2D eigenvalue weighted by molar-refractivity contribution is 5.78. The first-order valence-corrected chi connectivity index (χ1v) is 5.98. The Morgan fingerprint density at radius 2 is 2.19 bits per heavy atom. The summed E-state index contributed by atoms with van der Waals surface area (Å²) < 4.78 is 5.79. The predicted octanol–water partition coefficient (Wildman–Crippen LogP) is 3.54. The monoisotopic (exact) mass is 215 g/mol. The molecule has 1 aromatic carbocycles. The van der Waals surface area contributed by atoms with Gasteiger partial charge in [-0.15, -0.1) is 0 Å². The number of furan rings is 1. The van der Waals surface area contributed by atoms with Crippen molar-refractivity contribution in [3.05, 3.63) is 35.6 Å². The standard InChI is InChI=1S/C14H17NO/c1-9-2-5-13-11(6-9)8-14(16-13)12(15)7-10-3-4-10/h2,5-6,8,10,12H,3-4,7,15H2,1H3/t12-/m1/s1. The maximum Gasteiger partial charge on any atom is 0.134 e. The summed E-state index contributed by atoms with van der Waals surface area (Å²) in [5, 5.41) is 1.17. The third-order valence-corrected chi connectivity index (χ3v) is 3.34. The Hall–Kier alpha value is -1.28. The van der Waals surface area contributed by atoms with Gasteiger partial charge < -0.3 is 10.2 Å². The number of fused-ring (bicyclic) bond motifs is 1. The molecule has 16 heavy (non-hydrogen) atoms. The third kappa shape index (κ3) is 1.85. The van der Waals surface area contributed by atoms with Crippen molar-refractivity contribution in [2.75, 3.05) is 0 Å². The van der Waals surface area contributed by atoms with Crippen LogP contribution in [0.5, 0.6) is 0 Å². The van der Waals surface area contributed by atoms with Crippen molar-refractivity contribution in [1.29, 1.82) is 0 Å². The molecule has 1 saturated carbocycles. The van der Waals surface area contributed by atoms with Gasteiger partial charge in [-0.3, -0.25) is 0 Å². The second-order valence-corrected chi connectivity index (χ2v) is 4.98. The molecule has 2 aromatic rings. The highest BCUT2D eigenvalue weighted by atomic mass is 16.3. The molecule has 0 spiro atoms. The number of rotatable bonds is 3. The molecule has 2 nitrogen and oxygen atoms in total. The molecule has 1 aliphatic carbocycles. The lowest BCUT2D eigenvalue weighted by Gasteiger charge is -2.06. The van der Waals surface area contributed by atoms with Crippen LogP contribution in [0.4, 0.5) is 0 Å². The van der Waals surface area contributed by atoms with Gasteiger partial charge in [0.1, 0.15) is 11.3 Å². The number of hydrogen-bond donors (Lipinski definition) is 1. The van der Waals surface area contributed by atoms with Crippen LogP contribution in [0.25, 0.3) is 11.0 Å².